The van der Waals surface area contributed by atoms with E-state index in [0.29, 0.717) is 27.5 Å². The number of aromatic nitrogens is 7. The van der Waals surface area contributed by atoms with Gasteiger partial charge in [0.15, 0.2) is 11.2 Å². The molecule has 0 aliphatic carbocycles. The lowest BCUT2D eigenvalue weighted by molar-refractivity contribution is 0.774. The number of aryl methyl sites for hydroxylation is 3. The van der Waals surface area contributed by atoms with E-state index in [1.54, 1.807) is 17.9 Å². The lowest BCUT2D eigenvalue weighted by Crippen LogP contribution is -2.12. The minimum absolute atomic E-state index is 0.246. The van der Waals surface area contributed by atoms with Crippen LogP contribution in [0.25, 0.3) is 44.7 Å². The van der Waals surface area contributed by atoms with Gasteiger partial charge < -0.3 is 4.98 Å². The zero-order valence-electron chi connectivity index (χ0n) is 15.9. The summed E-state index contributed by atoms with van der Waals surface area (Å²) in [6, 6.07) is 9.37. The van der Waals surface area contributed by atoms with Crippen LogP contribution in [0.2, 0.25) is 5.02 Å². The van der Waals surface area contributed by atoms with E-state index in [9.17, 15) is 4.79 Å². The molecular weight excluding hydrogens is 390 g/mol. The van der Waals surface area contributed by atoms with E-state index in [4.69, 9.17) is 16.6 Å². The number of aromatic amines is 1. The molecule has 8 nitrogen and oxygen atoms in total. The van der Waals surface area contributed by atoms with Gasteiger partial charge in [0.2, 0.25) is 0 Å². The SMILES string of the molecule is Cc1nn(C)c2nc(-c3ccc(Cl)cc3)cc(-c3nc4cnn(C)c4c(=O)[nH]3)c12. The van der Waals surface area contributed by atoms with Gasteiger partial charge in [-0.25, -0.2) is 9.97 Å². The minimum Gasteiger partial charge on any atom is -0.305 e. The molecule has 1 aromatic carbocycles. The summed E-state index contributed by atoms with van der Waals surface area (Å²) >= 11 is 6.03. The number of rotatable bonds is 2. The molecule has 0 amide bonds. The van der Waals surface area contributed by atoms with E-state index in [1.807, 2.05) is 44.3 Å². The van der Waals surface area contributed by atoms with Gasteiger partial charge in [-0.1, -0.05) is 23.7 Å². The summed E-state index contributed by atoms with van der Waals surface area (Å²) in [5.74, 6) is 0.453. The van der Waals surface area contributed by atoms with Gasteiger partial charge >= 0.3 is 0 Å². The lowest BCUT2D eigenvalue weighted by Gasteiger charge is -2.08. The Kier molecular flexibility index (Phi) is 3.78. The molecule has 0 saturated carbocycles. The largest absolute Gasteiger partial charge is 0.305 e. The van der Waals surface area contributed by atoms with Crippen molar-refractivity contribution in [2.45, 2.75) is 6.92 Å². The second-order valence-electron chi connectivity index (χ2n) is 6.89. The van der Waals surface area contributed by atoms with Gasteiger partial charge in [-0.2, -0.15) is 10.2 Å². The molecule has 4 heterocycles. The van der Waals surface area contributed by atoms with Gasteiger partial charge in [0.25, 0.3) is 5.56 Å². The summed E-state index contributed by atoms with van der Waals surface area (Å²) in [6.45, 7) is 1.91. The standard InChI is InChI=1S/C20H16ClN7O/c1-10-16-13(18-23-15-9-22-27(2)17(15)20(29)25-18)8-14(24-19(16)28(3)26-10)11-4-6-12(21)7-5-11/h4-9H,1-3H3,(H,23,25,29). The molecule has 0 fully saturated rings. The molecule has 9 heteroatoms. The van der Waals surface area contributed by atoms with Crippen molar-refractivity contribution in [3.63, 3.8) is 0 Å². The zero-order valence-corrected chi connectivity index (χ0v) is 16.7. The Labute approximate surface area is 169 Å². The number of H-pyrrole nitrogens is 1. The number of nitrogens with one attached hydrogen (secondary N) is 1. The molecule has 0 spiro atoms. The van der Waals surface area contributed by atoms with Crippen LogP contribution in [0, 0.1) is 6.92 Å². The van der Waals surface area contributed by atoms with Gasteiger partial charge in [0.1, 0.15) is 11.3 Å². The maximum atomic E-state index is 12.7. The Hall–Kier alpha value is -3.52. The topological polar surface area (TPSA) is 94.3 Å². The van der Waals surface area contributed by atoms with Crippen LogP contribution in [-0.2, 0) is 14.1 Å². The fourth-order valence-electron chi connectivity index (χ4n) is 3.61. The van der Waals surface area contributed by atoms with Gasteiger partial charge in [-0.15, -0.1) is 0 Å². The van der Waals surface area contributed by atoms with Crippen molar-refractivity contribution < 1.29 is 0 Å². The van der Waals surface area contributed by atoms with Crippen molar-refractivity contribution in [1.82, 2.24) is 34.5 Å². The average molecular weight is 406 g/mol. The third-order valence-corrected chi connectivity index (χ3v) is 5.21. The highest BCUT2D eigenvalue weighted by atomic mass is 35.5. The predicted octanol–water partition coefficient (Wildman–Crippen LogP) is 3.23. The third-order valence-electron chi connectivity index (χ3n) is 4.96. The van der Waals surface area contributed by atoms with Crippen LogP contribution in [0.15, 0.2) is 41.3 Å². The molecular formula is C20H16ClN7O. The number of halogens is 1. The van der Waals surface area contributed by atoms with Gasteiger partial charge in [0.05, 0.1) is 23.0 Å². The average Bonchev–Trinajstić information content (AvgIpc) is 3.21. The van der Waals surface area contributed by atoms with Crippen molar-refractivity contribution in [3.8, 4) is 22.6 Å². The summed E-state index contributed by atoms with van der Waals surface area (Å²) in [7, 11) is 3.56. The number of benzene rings is 1. The van der Waals surface area contributed by atoms with Crippen LogP contribution < -0.4 is 5.56 Å². The Morgan fingerprint density at radius 1 is 1.07 bits per heavy atom. The Morgan fingerprint density at radius 3 is 2.59 bits per heavy atom. The maximum absolute atomic E-state index is 12.7. The molecule has 29 heavy (non-hydrogen) atoms. The normalized spacial score (nSPS) is 11.6. The number of hydrogen-bond donors (Lipinski definition) is 1. The van der Waals surface area contributed by atoms with Crippen LogP contribution >= 0.6 is 11.6 Å². The Balaban J connectivity index is 1.85. The summed E-state index contributed by atoms with van der Waals surface area (Å²) in [4.78, 5) is 25.0. The van der Waals surface area contributed by atoms with E-state index in [0.717, 1.165) is 27.9 Å². The quantitative estimate of drug-likeness (QED) is 0.486. The van der Waals surface area contributed by atoms with Crippen LogP contribution in [0.4, 0.5) is 0 Å². The fourth-order valence-corrected chi connectivity index (χ4v) is 3.74. The van der Waals surface area contributed by atoms with Gasteiger partial charge in [-0.3, -0.25) is 14.2 Å². The Morgan fingerprint density at radius 2 is 1.83 bits per heavy atom. The van der Waals surface area contributed by atoms with Crippen molar-refractivity contribution in [2.24, 2.45) is 14.1 Å². The molecule has 0 saturated heterocycles. The first kappa shape index (κ1) is 17.6. The zero-order chi connectivity index (χ0) is 20.3. The van der Waals surface area contributed by atoms with Crippen molar-refractivity contribution >= 4 is 33.7 Å². The first-order valence-corrected chi connectivity index (χ1v) is 9.33. The third kappa shape index (κ3) is 2.72. The van der Waals surface area contributed by atoms with Gasteiger partial charge in [-0.05, 0) is 25.1 Å². The van der Waals surface area contributed by atoms with E-state index >= 15 is 0 Å². The van der Waals surface area contributed by atoms with Gasteiger partial charge in [0, 0.05) is 30.2 Å². The van der Waals surface area contributed by atoms with E-state index in [2.05, 4.69) is 20.2 Å². The van der Waals surface area contributed by atoms with Crippen LogP contribution in [0.5, 0.6) is 0 Å². The molecule has 1 N–H and O–H groups in total. The second kappa shape index (κ2) is 6.25. The van der Waals surface area contributed by atoms with Crippen LogP contribution in [0.1, 0.15) is 5.69 Å². The predicted molar refractivity (Wildman–Crippen MR) is 112 cm³/mol. The van der Waals surface area contributed by atoms with Crippen LogP contribution in [-0.4, -0.2) is 34.5 Å². The molecule has 0 atom stereocenters. The Bertz CT molecular complexity index is 1460. The first-order valence-electron chi connectivity index (χ1n) is 8.95. The second-order valence-corrected chi connectivity index (χ2v) is 7.32. The molecule has 5 aromatic rings. The summed E-state index contributed by atoms with van der Waals surface area (Å²) in [6.07, 6.45) is 1.59. The van der Waals surface area contributed by atoms with E-state index in [1.165, 1.54) is 4.68 Å². The minimum atomic E-state index is -0.246. The molecule has 0 bridgehead atoms. The number of fused-ring (bicyclic) bond motifs is 2. The molecule has 144 valence electrons. The molecule has 0 aliphatic rings. The van der Waals surface area contributed by atoms with Crippen molar-refractivity contribution in [2.75, 3.05) is 0 Å². The smallest absolute Gasteiger partial charge is 0.277 e. The first-order chi connectivity index (χ1) is 13.9. The number of pyridine rings is 1. The monoisotopic (exact) mass is 405 g/mol. The van der Waals surface area contributed by atoms with Crippen molar-refractivity contribution in [1.29, 1.82) is 0 Å². The number of nitrogens with zero attached hydrogens (tertiary/aromatic N) is 6. The maximum Gasteiger partial charge on any atom is 0.277 e. The summed E-state index contributed by atoms with van der Waals surface area (Å²) in [5, 5.41) is 10.1. The fraction of sp³-hybridized carbons (Fsp3) is 0.150. The highest BCUT2D eigenvalue weighted by Gasteiger charge is 2.18. The number of hydrogen-bond acceptors (Lipinski definition) is 5. The molecule has 4 aromatic heterocycles. The highest BCUT2D eigenvalue weighted by molar-refractivity contribution is 6.30. The lowest BCUT2D eigenvalue weighted by atomic mass is 10.0. The molecule has 0 aliphatic heterocycles. The highest BCUT2D eigenvalue weighted by Crippen LogP contribution is 2.32. The summed E-state index contributed by atoms with van der Waals surface area (Å²) < 4.78 is 3.25. The molecule has 0 unspecified atom stereocenters. The van der Waals surface area contributed by atoms with E-state index < -0.39 is 0 Å². The van der Waals surface area contributed by atoms with Crippen molar-refractivity contribution in [3.05, 3.63) is 57.6 Å². The van der Waals surface area contributed by atoms with Crippen LogP contribution in [0.3, 0.4) is 0 Å². The van der Waals surface area contributed by atoms with E-state index in [-0.39, 0.29) is 5.56 Å². The molecule has 5 rings (SSSR count). The molecule has 0 radical (unpaired) electrons. The summed E-state index contributed by atoms with van der Waals surface area (Å²) in [5.41, 5.74) is 4.63.